The molecule has 2 N–H and O–H groups in total. The summed E-state index contributed by atoms with van der Waals surface area (Å²) >= 11 is 6.09. The van der Waals surface area contributed by atoms with Gasteiger partial charge in [0.15, 0.2) is 0 Å². The van der Waals surface area contributed by atoms with E-state index in [4.69, 9.17) is 25.5 Å². The smallest absolute Gasteiger partial charge is 0.340 e. The summed E-state index contributed by atoms with van der Waals surface area (Å²) in [6.07, 6.45) is 2.21. The van der Waals surface area contributed by atoms with Gasteiger partial charge < -0.3 is 24.2 Å². The maximum atomic E-state index is 12.7. The molecule has 0 radical (unpaired) electrons. The van der Waals surface area contributed by atoms with Crippen molar-refractivity contribution >= 4 is 51.3 Å². The standard InChI is InChI=1S/C26H23ClN2O7/c1-13-19(11-24(32)28-7-6-16-12-29-21-5-4-17(27)8-20(16)21)26(33)36-23-10-18(34-14(2)30)9-22(25(13)23)35-15(3)31/h4-5,8-10,12,29H,6-7,11H2,1-3H3,(H,28,32). The predicted octanol–water partition coefficient (Wildman–Crippen LogP) is 3.99. The normalized spacial score (nSPS) is 11.0. The van der Waals surface area contributed by atoms with E-state index < -0.39 is 17.6 Å². The highest BCUT2D eigenvalue weighted by Crippen LogP contribution is 2.34. The molecule has 2 aromatic carbocycles. The van der Waals surface area contributed by atoms with E-state index in [-0.39, 0.29) is 35.0 Å². The number of H-pyrrole nitrogens is 1. The Bertz CT molecular complexity index is 1570. The van der Waals surface area contributed by atoms with Gasteiger partial charge in [-0.3, -0.25) is 14.4 Å². The zero-order chi connectivity index (χ0) is 26.0. The number of esters is 2. The summed E-state index contributed by atoms with van der Waals surface area (Å²) in [6.45, 7) is 4.41. The summed E-state index contributed by atoms with van der Waals surface area (Å²) in [7, 11) is 0. The van der Waals surface area contributed by atoms with Gasteiger partial charge in [0.1, 0.15) is 17.1 Å². The lowest BCUT2D eigenvalue weighted by Crippen LogP contribution is -2.29. The number of benzene rings is 2. The second-order valence-corrected chi connectivity index (χ2v) is 8.69. The van der Waals surface area contributed by atoms with Crippen molar-refractivity contribution in [1.29, 1.82) is 0 Å². The zero-order valence-electron chi connectivity index (χ0n) is 19.8. The van der Waals surface area contributed by atoms with Crippen molar-refractivity contribution in [1.82, 2.24) is 10.3 Å². The number of amides is 1. The highest BCUT2D eigenvalue weighted by atomic mass is 35.5. The van der Waals surface area contributed by atoms with Crippen molar-refractivity contribution in [2.45, 2.75) is 33.6 Å². The summed E-state index contributed by atoms with van der Waals surface area (Å²) in [5.74, 6) is -1.46. The minimum absolute atomic E-state index is 0.0529. The molecule has 2 heterocycles. The average molecular weight is 511 g/mol. The lowest BCUT2D eigenvalue weighted by molar-refractivity contribution is -0.132. The number of carbonyl (C=O) groups excluding carboxylic acids is 3. The first kappa shape index (κ1) is 25.0. The Hall–Kier alpha value is -4.11. The fourth-order valence-corrected chi connectivity index (χ4v) is 4.24. The van der Waals surface area contributed by atoms with Gasteiger partial charge in [0.2, 0.25) is 5.91 Å². The molecule has 1 amide bonds. The van der Waals surface area contributed by atoms with E-state index in [2.05, 4.69) is 10.3 Å². The van der Waals surface area contributed by atoms with Gasteiger partial charge in [0.25, 0.3) is 0 Å². The van der Waals surface area contributed by atoms with Crippen LogP contribution >= 0.6 is 11.6 Å². The van der Waals surface area contributed by atoms with E-state index in [0.29, 0.717) is 28.9 Å². The highest BCUT2D eigenvalue weighted by Gasteiger charge is 2.20. The van der Waals surface area contributed by atoms with E-state index in [9.17, 15) is 19.2 Å². The van der Waals surface area contributed by atoms with Gasteiger partial charge >= 0.3 is 17.6 Å². The Morgan fingerprint density at radius 3 is 2.56 bits per heavy atom. The van der Waals surface area contributed by atoms with E-state index in [1.807, 2.05) is 18.3 Å². The molecule has 4 aromatic rings. The van der Waals surface area contributed by atoms with Crippen LogP contribution in [0.2, 0.25) is 5.02 Å². The molecule has 186 valence electrons. The molecule has 0 spiro atoms. The van der Waals surface area contributed by atoms with Gasteiger partial charge in [-0.1, -0.05) is 11.6 Å². The number of hydrogen-bond donors (Lipinski definition) is 2. The molecule has 0 saturated carbocycles. The number of hydrogen-bond acceptors (Lipinski definition) is 7. The number of aromatic nitrogens is 1. The molecule has 0 aliphatic carbocycles. The van der Waals surface area contributed by atoms with Crippen LogP contribution in [0.25, 0.3) is 21.9 Å². The summed E-state index contributed by atoms with van der Waals surface area (Å²) in [6, 6.07) is 8.26. The first-order chi connectivity index (χ1) is 17.1. The van der Waals surface area contributed by atoms with Gasteiger partial charge in [-0.25, -0.2) is 4.79 Å². The van der Waals surface area contributed by atoms with Gasteiger partial charge in [-0.2, -0.15) is 0 Å². The first-order valence-corrected chi connectivity index (χ1v) is 11.5. The molecule has 0 aliphatic heterocycles. The van der Waals surface area contributed by atoms with Crippen LogP contribution in [-0.2, 0) is 27.2 Å². The van der Waals surface area contributed by atoms with E-state index in [1.165, 1.54) is 26.0 Å². The Balaban J connectivity index is 1.55. The highest BCUT2D eigenvalue weighted by molar-refractivity contribution is 6.31. The minimum atomic E-state index is -0.713. The number of aromatic amines is 1. The van der Waals surface area contributed by atoms with Crippen molar-refractivity contribution in [3.05, 3.63) is 68.7 Å². The van der Waals surface area contributed by atoms with Crippen LogP contribution in [-0.4, -0.2) is 29.4 Å². The van der Waals surface area contributed by atoms with Crippen molar-refractivity contribution < 1.29 is 28.3 Å². The first-order valence-electron chi connectivity index (χ1n) is 11.1. The number of carbonyl (C=O) groups is 3. The monoisotopic (exact) mass is 510 g/mol. The third kappa shape index (κ3) is 5.41. The molecule has 0 bridgehead atoms. The fourth-order valence-electron chi connectivity index (χ4n) is 4.06. The number of nitrogens with one attached hydrogen (secondary N) is 2. The van der Waals surface area contributed by atoms with Crippen LogP contribution < -0.4 is 20.4 Å². The quantitative estimate of drug-likeness (QED) is 0.218. The topological polar surface area (TPSA) is 128 Å². The van der Waals surface area contributed by atoms with Crippen molar-refractivity contribution in [2.75, 3.05) is 6.54 Å². The molecular formula is C26H23ClN2O7. The molecule has 4 rings (SSSR count). The van der Waals surface area contributed by atoms with Crippen LogP contribution in [0.3, 0.4) is 0 Å². The maximum absolute atomic E-state index is 12.7. The third-order valence-electron chi connectivity index (χ3n) is 5.61. The van der Waals surface area contributed by atoms with Gasteiger partial charge in [0.05, 0.1) is 17.4 Å². The molecule has 0 aliphatic rings. The number of rotatable bonds is 7. The Labute approximate surface area is 210 Å². The molecule has 0 unspecified atom stereocenters. The lowest BCUT2D eigenvalue weighted by atomic mass is 10.0. The molecule has 36 heavy (non-hydrogen) atoms. The lowest BCUT2D eigenvalue weighted by Gasteiger charge is -2.13. The summed E-state index contributed by atoms with van der Waals surface area (Å²) in [5, 5.41) is 4.76. The fraction of sp³-hybridized carbons (Fsp3) is 0.231. The Morgan fingerprint density at radius 1 is 1.08 bits per heavy atom. The predicted molar refractivity (Wildman–Crippen MR) is 134 cm³/mol. The second kappa shape index (κ2) is 10.2. The summed E-state index contributed by atoms with van der Waals surface area (Å²) in [5.41, 5.74) is 1.86. The van der Waals surface area contributed by atoms with Crippen molar-refractivity contribution in [3.63, 3.8) is 0 Å². The zero-order valence-corrected chi connectivity index (χ0v) is 20.6. The number of aryl methyl sites for hydroxylation is 1. The van der Waals surface area contributed by atoms with Crippen LogP contribution in [0.15, 0.2) is 45.7 Å². The molecular weight excluding hydrogens is 488 g/mol. The third-order valence-corrected chi connectivity index (χ3v) is 5.85. The van der Waals surface area contributed by atoms with E-state index in [1.54, 1.807) is 13.0 Å². The molecule has 9 nitrogen and oxygen atoms in total. The van der Waals surface area contributed by atoms with Crippen molar-refractivity contribution in [3.8, 4) is 11.5 Å². The van der Waals surface area contributed by atoms with E-state index in [0.717, 1.165) is 16.5 Å². The van der Waals surface area contributed by atoms with Crippen LogP contribution in [0.1, 0.15) is 30.5 Å². The van der Waals surface area contributed by atoms with Crippen LogP contribution in [0.5, 0.6) is 11.5 Å². The molecule has 0 saturated heterocycles. The second-order valence-electron chi connectivity index (χ2n) is 8.26. The van der Waals surface area contributed by atoms with E-state index >= 15 is 0 Å². The van der Waals surface area contributed by atoms with Gasteiger partial charge in [-0.15, -0.1) is 0 Å². The van der Waals surface area contributed by atoms with Crippen LogP contribution in [0.4, 0.5) is 0 Å². The Kier molecular flexibility index (Phi) is 7.12. The van der Waals surface area contributed by atoms with Crippen molar-refractivity contribution in [2.24, 2.45) is 0 Å². The largest absolute Gasteiger partial charge is 0.426 e. The molecule has 0 atom stereocenters. The summed E-state index contributed by atoms with van der Waals surface area (Å²) < 4.78 is 15.7. The van der Waals surface area contributed by atoms with Gasteiger partial charge in [0, 0.05) is 54.6 Å². The molecule has 2 aromatic heterocycles. The Morgan fingerprint density at radius 2 is 1.83 bits per heavy atom. The average Bonchev–Trinajstić information content (AvgIpc) is 3.17. The minimum Gasteiger partial charge on any atom is -0.426 e. The summed E-state index contributed by atoms with van der Waals surface area (Å²) in [4.78, 5) is 51.6. The SMILES string of the molecule is CC(=O)Oc1cc(OC(C)=O)c2c(C)c(CC(=O)NCCc3c[nH]c4ccc(Cl)cc34)c(=O)oc2c1. The van der Waals surface area contributed by atoms with Crippen LogP contribution in [0, 0.1) is 6.92 Å². The molecule has 0 fully saturated rings. The molecule has 10 heteroatoms. The number of fused-ring (bicyclic) bond motifs is 2. The van der Waals surface area contributed by atoms with Gasteiger partial charge in [-0.05, 0) is 42.7 Å². The number of ether oxygens (including phenoxy) is 2. The number of halogens is 1. The maximum Gasteiger partial charge on any atom is 0.340 e.